The lowest BCUT2D eigenvalue weighted by molar-refractivity contribution is -0.142. The van der Waals surface area contributed by atoms with E-state index in [2.05, 4.69) is 31.2 Å². The fourth-order valence-corrected chi connectivity index (χ4v) is 5.48. The monoisotopic (exact) mass is 684 g/mol. The molecular weight excluding hydrogens is 640 g/mol. The molecule has 1 fully saturated rings. The zero-order valence-electron chi connectivity index (χ0n) is 28.8. The second-order valence-corrected chi connectivity index (χ2v) is 12.6. The number of amides is 6. The van der Waals surface area contributed by atoms with Crippen molar-refractivity contribution in [2.75, 3.05) is 20.1 Å². The van der Waals surface area contributed by atoms with E-state index in [1.54, 1.807) is 56.3 Å². The first-order chi connectivity index (χ1) is 23.8. The fourth-order valence-electron chi connectivity index (χ4n) is 5.48. The zero-order valence-corrected chi connectivity index (χ0v) is 28.8. The number of hydrogen-bond acceptors (Lipinski definition) is 8. The smallest absolute Gasteiger partial charge is 0.274 e. The van der Waals surface area contributed by atoms with Crippen LogP contribution >= 0.6 is 0 Å². The maximum atomic E-state index is 14.0. The minimum Gasteiger partial charge on any atom is -0.346 e. The van der Waals surface area contributed by atoms with Crippen molar-refractivity contribution < 1.29 is 28.8 Å². The molecule has 14 nitrogen and oxygen atoms in total. The summed E-state index contributed by atoms with van der Waals surface area (Å²) in [6, 6.07) is 12.9. The predicted octanol–water partition coefficient (Wildman–Crippen LogP) is 1.01. The Hall–Kier alpha value is -5.66. The Morgan fingerprint density at radius 2 is 1.50 bits per heavy atom. The SMILES string of the molecule is CC(C)[C@H]1NC(=O)[C@H](C)N(C)C(=O)[C@H](Cc2ccccc2)NC(=O)CN(C(=O)c2cnccn2)C[C@@H](c2ccccc2)NC(=O)[C@H](C)NC1=O. The van der Waals surface area contributed by atoms with E-state index < -0.39 is 72.2 Å². The van der Waals surface area contributed by atoms with Crippen LogP contribution in [0.15, 0.2) is 79.3 Å². The molecule has 0 radical (unpaired) electrons. The molecule has 0 bridgehead atoms. The molecule has 2 aromatic carbocycles. The van der Waals surface area contributed by atoms with Crippen LogP contribution < -0.4 is 21.3 Å². The van der Waals surface area contributed by atoms with Crippen LogP contribution in [0.5, 0.6) is 0 Å². The molecule has 0 aliphatic carbocycles. The summed E-state index contributed by atoms with van der Waals surface area (Å²) in [5.74, 6) is -3.93. The van der Waals surface area contributed by atoms with E-state index in [1.165, 1.54) is 49.3 Å². The quantitative estimate of drug-likeness (QED) is 0.307. The van der Waals surface area contributed by atoms with Gasteiger partial charge < -0.3 is 31.1 Å². The van der Waals surface area contributed by atoms with Crippen molar-refractivity contribution in [1.82, 2.24) is 41.0 Å². The van der Waals surface area contributed by atoms with Crippen LogP contribution in [0.25, 0.3) is 0 Å². The lowest BCUT2D eigenvalue weighted by Crippen LogP contribution is -2.59. The number of nitrogens with zero attached hydrogens (tertiary/aromatic N) is 4. The van der Waals surface area contributed by atoms with Gasteiger partial charge in [-0.25, -0.2) is 4.98 Å². The summed E-state index contributed by atoms with van der Waals surface area (Å²) in [6.45, 7) is 5.85. The Bertz CT molecular complexity index is 1660. The highest BCUT2D eigenvalue weighted by Gasteiger charge is 2.35. The summed E-state index contributed by atoms with van der Waals surface area (Å²) in [4.78, 5) is 92.7. The second kappa shape index (κ2) is 17.1. The zero-order chi connectivity index (χ0) is 36.4. The van der Waals surface area contributed by atoms with E-state index in [0.29, 0.717) is 5.56 Å². The van der Waals surface area contributed by atoms with E-state index in [4.69, 9.17) is 0 Å². The lowest BCUT2D eigenvalue weighted by atomic mass is 10.0. The van der Waals surface area contributed by atoms with Crippen LogP contribution in [0, 0.1) is 5.92 Å². The average molecular weight is 685 g/mol. The maximum Gasteiger partial charge on any atom is 0.274 e. The third-order valence-electron chi connectivity index (χ3n) is 8.55. The summed E-state index contributed by atoms with van der Waals surface area (Å²) in [5, 5.41) is 11.1. The van der Waals surface area contributed by atoms with Crippen molar-refractivity contribution in [3.05, 3.63) is 96.1 Å². The second-order valence-electron chi connectivity index (χ2n) is 12.6. The molecule has 0 spiro atoms. The molecule has 4 rings (SSSR count). The molecule has 1 saturated heterocycles. The van der Waals surface area contributed by atoms with Gasteiger partial charge in [-0.1, -0.05) is 74.5 Å². The predicted molar refractivity (Wildman–Crippen MR) is 184 cm³/mol. The maximum absolute atomic E-state index is 14.0. The number of rotatable bonds is 5. The van der Waals surface area contributed by atoms with Gasteiger partial charge in [0.25, 0.3) is 5.91 Å². The molecule has 3 aromatic rings. The van der Waals surface area contributed by atoms with Gasteiger partial charge in [-0.15, -0.1) is 0 Å². The highest BCUT2D eigenvalue weighted by molar-refractivity contribution is 5.97. The normalized spacial score (nSPS) is 23.2. The van der Waals surface area contributed by atoms with E-state index in [9.17, 15) is 28.8 Å². The van der Waals surface area contributed by atoms with Crippen LogP contribution in [0.3, 0.4) is 0 Å². The van der Waals surface area contributed by atoms with Gasteiger partial charge in [-0.2, -0.15) is 0 Å². The number of hydrogen-bond donors (Lipinski definition) is 4. The van der Waals surface area contributed by atoms with Crippen molar-refractivity contribution in [3.8, 4) is 0 Å². The highest BCUT2D eigenvalue weighted by atomic mass is 16.2. The molecule has 4 N–H and O–H groups in total. The highest BCUT2D eigenvalue weighted by Crippen LogP contribution is 2.17. The molecule has 0 unspecified atom stereocenters. The van der Waals surface area contributed by atoms with Gasteiger partial charge in [-0.3, -0.25) is 33.8 Å². The molecular formula is C36H44N8O6. The third kappa shape index (κ3) is 9.71. The largest absolute Gasteiger partial charge is 0.346 e. The molecule has 14 heteroatoms. The minimum atomic E-state index is -1.12. The topological polar surface area (TPSA) is 183 Å². The minimum absolute atomic E-state index is 0.0302. The average Bonchev–Trinajstić information content (AvgIpc) is 3.12. The number of benzene rings is 2. The van der Waals surface area contributed by atoms with Crippen molar-refractivity contribution in [2.45, 2.75) is 64.3 Å². The summed E-state index contributed by atoms with van der Waals surface area (Å²) in [5.41, 5.74) is 1.35. The Morgan fingerprint density at radius 3 is 2.12 bits per heavy atom. The third-order valence-corrected chi connectivity index (χ3v) is 8.55. The van der Waals surface area contributed by atoms with Gasteiger partial charge in [-0.05, 0) is 30.9 Å². The molecule has 1 aliphatic heterocycles. The van der Waals surface area contributed by atoms with Crippen LogP contribution in [-0.2, 0) is 30.4 Å². The summed E-state index contributed by atoms with van der Waals surface area (Å²) < 4.78 is 0. The number of likely N-dealkylation sites (N-methyl/N-ethyl adjacent to an activating group) is 1. The van der Waals surface area contributed by atoms with Gasteiger partial charge in [0.1, 0.15) is 29.9 Å². The molecule has 6 amide bonds. The fraction of sp³-hybridized carbons (Fsp3) is 0.389. The molecule has 1 aliphatic rings. The summed E-state index contributed by atoms with van der Waals surface area (Å²) >= 11 is 0. The van der Waals surface area contributed by atoms with Gasteiger partial charge in [0.2, 0.25) is 29.5 Å². The van der Waals surface area contributed by atoms with Crippen LogP contribution in [0.2, 0.25) is 0 Å². The molecule has 1 aromatic heterocycles. The lowest BCUT2D eigenvalue weighted by Gasteiger charge is -2.32. The van der Waals surface area contributed by atoms with E-state index in [-0.39, 0.29) is 24.6 Å². The van der Waals surface area contributed by atoms with Crippen LogP contribution in [0.1, 0.15) is 55.4 Å². The van der Waals surface area contributed by atoms with Crippen LogP contribution in [0.4, 0.5) is 0 Å². The summed E-state index contributed by atoms with van der Waals surface area (Å²) in [7, 11) is 1.44. The first-order valence-electron chi connectivity index (χ1n) is 16.5. The first kappa shape index (κ1) is 37.2. The number of aromatic nitrogens is 2. The van der Waals surface area contributed by atoms with Crippen molar-refractivity contribution in [3.63, 3.8) is 0 Å². The van der Waals surface area contributed by atoms with Gasteiger partial charge in [0, 0.05) is 32.4 Å². The Labute approximate surface area is 291 Å². The molecule has 264 valence electrons. The van der Waals surface area contributed by atoms with E-state index in [1.807, 2.05) is 18.2 Å². The van der Waals surface area contributed by atoms with Gasteiger partial charge in [0.15, 0.2) is 0 Å². The number of nitrogens with one attached hydrogen (secondary N) is 4. The van der Waals surface area contributed by atoms with E-state index >= 15 is 0 Å². The van der Waals surface area contributed by atoms with Gasteiger partial charge >= 0.3 is 0 Å². The molecule has 5 atom stereocenters. The Morgan fingerprint density at radius 1 is 0.840 bits per heavy atom. The molecule has 2 heterocycles. The van der Waals surface area contributed by atoms with Gasteiger partial charge in [0.05, 0.1) is 18.8 Å². The van der Waals surface area contributed by atoms with Crippen LogP contribution in [-0.4, -0.2) is 99.5 Å². The summed E-state index contributed by atoms with van der Waals surface area (Å²) in [6.07, 6.45) is 4.13. The molecule has 0 saturated carbocycles. The first-order valence-corrected chi connectivity index (χ1v) is 16.5. The Balaban J connectivity index is 1.77. The number of carbonyl (C=O) groups is 6. The molecule has 50 heavy (non-hydrogen) atoms. The van der Waals surface area contributed by atoms with E-state index in [0.717, 1.165) is 5.56 Å². The standard InChI is InChI=1S/C36H44N8O6/c1-22(2)31-34(48)39-23(3)32(46)41-29(26-14-10-7-11-15-26)20-44(36(50)28-19-37-16-17-38-28)21-30(45)40-27(18-25-12-8-6-9-13-25)35(49)43(5)24(4)33(47)42-31/h6-17,19,22-24,27,29,31H,18,20-21H2,1-5H3,(H,39,48)(H,40,45)(H,41,46)(H,42,47)/t23-,24-,27-,29-,31+/m0/s1. The Kier molecular flexibility index (Phi) is 12.7. The number of carbonyl (C=O) groups excluding carboxylic acids is 6. The van der Waals surface area contributed by atoms with Crippen molar-refractivity contribution in [2.24, 2.45) is 5.92 Å². The van der Waals surface area contributed by atoms with Crippen molar-refractivity contribution >= 4 is 35.4 Å². The van der Waals surface area contributed by atoms with Crippen molar-refractivity contribution in [1.29, 1.82) is 0 Å².